The number of hydrogen-bond donors (Lipinski definition) is 2. The molecule has 0 aliphatic carbocycles. The zero-order valence-electron chi connectivity index (χ0n) is 12.1. The van der Waals surface area contributed by atoms with Gasteiger partial charge in [-0.25, -0.2) is 0 Å². The van der Waals surface area contributed by atoms with E-state index in [0.717, 1.165) is 11.4 Å². The molecule has 0 saturated heterocycles. The predicted octanol–water partition coefficient (Wildman–Crippen LogP) is 4.34. The number of para-hydroxylation sites is 1. The van der Waals surface area contributed by atoms with Crippen LogP contribution in [0.3, 0.4) is 0 Å². The number of nitrogen functional groups attached to an aromatic ring is 1. The van der Waals surface area contributed by atoms with Crippen molar-refractivity contribution in [2.45, 2.75) is 26.7 Å². The molecule has 0 amide bonds. The van der Waals surface area contributed by atoms with Gasteiger partial charge in [0, 0.05) is 11.3 Å². The molecule has 3 N–H and O–H groups in total. The van der Waals surface area contributed by atoms with Crippen molar-refractivity contribution in [1.82, 2.24) is 0 Å². The van der Waals surface area contributed by atoms with Crippen LogP contribution in [0.5, 0.6) is 0 Å². The molecule has 3 heteroatoms. The van der Waals surface area contributed by atoms with E-state index in [9.17, 15) is 4.79 Å². The minimum absolute atomic E-state index is 0.0193. The first-order valence-corrected chi connectivity index (χ1v) is 6.75. The van der Waals surface area contributed by atoms with Crippen molar-refractivity contribution in [3.8, 4) is 0 Å². The number of nitrogens with two attached hydrogens (primary N) is 1. The van der Waals surface area contributed by atoms with E-state index in [1.807, 2.05) is 24.3 Å². The van der Waals surface area contributed by atoms with Gasteiger partial charge in [0.15, 0.2) is 5.78 Å². The molecular formula is C17H20N2O. The number of rotatable bonds is 4. The smallest absolute Gasteiger partial charge is 0.159 e. The van der Waals surface area contributed by atoms with Crippen molar-refractivity contribution in [3.63, 3.8) is 0 Å². The van der Waals surface area contributed by atoms with Gasteiger partial charge in [0.1, 0.15) is 0 Å². The van der Waals surface area contributed by atoms with Crippen molar-refractivity contribution < 1.29 is 4.79 Å². The van der Waals surface area contributed by atoms with E-state index in [0.29, 0.717) is 17.2 Å². The minimum Gasteiger partial charge on any atom is -0.397 e. The Morgan fingerprint density at radius 1 is 1.10 bits per heavy atom. The van der Waals surface area contributed by atoms with Crippen molar-refractivity contribution in [3.05, 3.63) is 53.6 Å². The summed E-state index contributed by atoms with van der Waals surface area (Å²) in [6.45, 7) is 5.85. The number of hydrogen-bond acceptors (Lipinski definition) is 3. The standard InChI is InChI=1S/C17H20N2O/c1-11(2)14-6-4-5-7-16(14)19-17-9-8-13(12(3)20)10-15(17)18/h4-11,19H,18H2,1-3H3. The van der Waals surface area contributed by atoms with E-state index >= 15 is 0 Å². The van der Waals surface area contributed by atoms with E-state index in [1.165, 1.54) is 12.5 Å². The van der Waals surface area contributed by atoms with Gasteiger partial charge in [-0.05, 0) is 42.7 Å². The number of carbonyl (C=O) groups excluding carboxylic acids is 1. The van der Waals surface area contributed by atoms with Crippen LogP contribution in [0.1, 0.15) is 42.6 Å². The van der Waals surface area contributed by atoms with Gasteiger partial charge in [0.25, 0.3) is 0 Å². The molecule has 0 saturated carbocycles. The van der Waals surface area contributed by atoms with Crippen LogP contribution < -0.4 is 11.1 Å². The van der Waals surface area contributed by atoms with Crippen LogP contribution in [0.2, 0.25) is 0 Å². The number of carbonyl (C=O) groups is 1. The van der Waals surface area contributed by atoms with Crippen LogP contribution in [0.4, 0.5) is 17.1 Å². The monoisotopic (exact) mass is 268 g/mol. The number of benzene rings is 2. The molecule has 20 heavy (non-hydrogen) atoms. The maximum absolute atomic E-state index is 11.3. The Morgan fingerprint density at radius 2 is 1.80 bits per heavy atom. The van der Waals surface area contributed by atoms with Crippen LogP contribution in [0.25, 0.3) is 0 Å². The molecule has 0 spiro atoms. The lowest BCUT2D eigenvalue weighted by molar-refractivity contribution is 0.101. The molecule has 104 valence electrons. The van der Waals surface area contributed by atoms with E-state index in [2.05, 4.69) is 25.2 Å². The Kier molecular flexibility index (Phi) is 4.08. The Balaban J connectivity index is 2.33. The quantitative estimate of drug-likeness (QED) is 0.640. The van der Waals surface area contributed by atoms with Crippen molar-refractivity contribution >= 4 is 22.8 Å². The summed E-state index contributed by atoms with van der Waals surface area (Å²) in [5.74, 6) is 0.447. The highest BCUT2D eigenvalue weighted by Gasteiger charge is 2.08. The maximum atomic E-state index is 11.3. The summed E-state index contributed by atoms with van der Waals surface area (Å²) in [6.07, 6.45) is 0. The third-order valence-corrected chi connectivity index (χ3v) is 3.31. The average molecular weight is 268 g/mol. The van der Waals surface area contributed by atoms with Gasteiger partial charge >= 0.3 is 0 Å². The van der Waals surface area contributed by atoms with Crippen LogP contribution >= 0.6 is 0 Å². The topological polar surface area (TPSA) is 55.1 Å². The molecule has 2 aromatic rings. The lowest BCUT2D eigenvalue weighted by Gasteiger charge is -2.16. The molecule has 0 aliphatic heterocycles. The Morgan fingerprint density at radius 3 is 2.40 bits per heavy atom. The lowest BCUT2D eigenvalue weighted by atomic mass is 10.0. The molecule has 0 fully saturated rings. The summed E-state index contributed by atoms with van der Waals surface area (Å²) < 4.78 is 0. The molecule has 2 rings (SSSR count). The largest absolute Gasteiger partial charge is 0.397 e. The fourth-order valence-electron chi connectivity index (χ4n) is 2.15. The molecule has 0 aliphatic rings. The highest BCUT2D eigenvalue weighted by molar-refractivity contribution is 5.96. The van der Waals surface area contributed by atoms with Crippen LogP contribution in [-0.4, -0.2) is 5.78 Å². The van der Waals surface area contributed by atoms with Crippen molar-refractivity contribution in [2.75, 3.05) is 11.1 Å². The van der Waals surface area contributed by atoms with Crippen molar-refractivity contribution in [2.24, 2.45) is 0 Å². The van der Waals surface area contributed by atoms with Crippen LogP contribution in [-0.2, 0) is 0 Å². The Bertz CT molecular complexity index is 633. The Labute approximate surface area is 119 Å². The number of Topliss-reactive ketones (excluding diaryl/α,β-unsaturated/α-hetero) is 1. The van der Waals surface area contributed by atoms with Gasteiger partial charge in [-0.1, -0.05) is 32.0 Å². The molecule has 0 heterocycles. The minimum atomic E-state index is 0.0193. The summed E-state index contributed by atoms with van der Waals surface area (Å²) in [4.78, 5) is 11.3. The molecule has 0 bridgehead atoms. The number of nitrogens with one attached hydrogen (secondary N) is 1. The fourth-order valence-corrected chi connectivity index (χ4v) is 2.15. The van der Waals surface area contributed by atoms with Gasteiger partial charge in [-0.2, -0.15) is 0 Å². The summed E-state index contributed by atoms with van der Waals surface area (Å²) in [6, 6.07) is 13.5. The van der Waals surface area contributed by atoms with E-state index in [-0.39, 0.29) is 5.78 Å². The normalized spacial score (nSPS) is 10.6. The van der Waals surface area contributed by atoms with E-state index < -0.39 is 0 Å². The molecule has 0 atom stereocenters. The van der Waals surface area contributed by atoms with E-state index in [1.54, 1.807) is 12.1 Å². The zero-order valence-corrected chi connectivity index (χ0v) is 12.1. The molecule has 2 aromatic carbocycles. The highest BCUT2D eigenvalue weighted by Crippen LogP contribution is 2.29. The maximum Gasteiger partial charge on any atom is 0.159 e. The van der Waals surface area contributed by atoms with Crippen LogP contribution in [0, 0.1) is 0 Å². The fraction of sp³-hybridized carbons (Fsp3) is 0.235. The van der Waals surface area contributed by atoms with Gasteiger partial charge in [-0.15, -0.1) is 0 Å². The number of anilines is 3. The first-order valence-electron chi connectivity index (χ1n) is 6.75. The molecule has 0 aromatic heterocycles. The summed E-state index contributed by atoms with van der Waals surface area (Å²) in [5, 5.41) is 3.35. The molecular weight excluding hydrogens is 248 g/mol. The second-order valence-electron chi connectivity index (χ2n) is 5.23. The summed E-state index contributed by atoms with van der Waals surface area (Å²) in [7, 11) is 0. The second kappa shape index (κ2) is 5.78. The van der Waals surface area contributed by atoms with Gasteiger partial charge in [0.05, 0.1) is 11.4 Å². The first kappa shape index (κ1) is 14.1. The summed E-state index contributed by atoms with van der Waals surface area (Å²) in [5.41, 5.74) is 10.3. The summed E-state index contributed by atoms with van der Waals surface area (Å²) >= 11 is 0. The van der Waals surface area contributed by atoms with Gasteiger partial charge in [-0.3, -0.25) is 4.79 Å². The zero-order chi connectivity index (χ0) is 14.7. The second-order valence-corrected chi connectivity index (χ2v) is 5.23. The third kappa shape index (κ3) is 2.99. The lowest BCUT2D eigenvalue weighted by Crippen LogP contribution is -2.02. The molecule has 0 unspecified atom stereocenters. The highest BCUT2D eigenvalue weighted by atomic mass is 16.1. The predicted molar refractivity (Wildman–Crippen MR) is 84.7 cm³/mol. The first-order chi connectivity index (χ1) is 9.49. The molecule has 3 nitrogen and oxygen atoms in total. The van der Waals surface area contributed by atoms with Gasteiger partial charge < -0.3 is 11.1 Å². The average Bonchev–Trinajstić information content (AvgIpc) is 2.41. The van der Waals surface area contributed by atoms with Gasteiger partial charge in [0.2, 0.25) is 0 Å². The Hall–Kier alpha value is -2.29. The number of ketones is 1. The SMILES string of the molecule is CC(=O)c1ccc(Nc2ccccc2C(C)C)c(N)c1. The van der Waals surface area contributed by atoms with Crippen molar-refractivity contribution in [1.29, 1.82) is 0 Å². The van der Waals surface area contributed by atoms with E-state index in [4.69, 9.17) is 5.73 Å². The molecule has 0 radical (unpaired) electrons. The third-order valence-electron chi connectivity index (χ3n) is 3.31. The van der Waals surface area contributed by atoms with Crippen LogP contribution in [0.15, 0.2) is 42.5 Å².